The molecule has 2 nitrogen and oxygen atoms in total. The van der Waals surface area contributed by atoms with Gasteiger partial charge >= 0.3 is 0 Å². The fourth-order valence-corrected chi connectivity index (χ4v) is 3.40. The van der Waals surface area contributed by atoms with Crippen LogP contribution in [0.15, 0.2) is 0 Å². The van der Waals surface area contributed by atoms with Gasteiger partial charge in [-0.25, -0.2) is 0 Å². The molecule has 18 heavy (non-hydrogen) atoms. The Morgan fingerprint density at radius 2 is 1.17 bits per heavy atom. The van der Waals surface area contributed by atoms with Crippen molar-refractivity contribution in [3.63, 3.8) is 0 Å². The molecule has 0 aliphatic rings. The number of nitrogens with two attached hydrogens (primary N) is 2. The van der Waals surface area contributed by atoms with Gasteiger partial charge in [-0.1, -0.05) is 53.4 Å². The minimum absolute atomic E-state index is 0.203. The molecule has 0 aliphatic carbocycles. The average Bonchev–Trinajstić information content (AvgIpc) is 2.29. The second-order valence-corrected chi connectivity index (χ2v) is 6.21. The lowest BCUT2D eigenvalue weighted by atomic mass is 9.64. The van der Waals surface area contributed by atoms with Crippen LogP contribution in [0.5, 0.6) is 0 Å². The van der Waals surface area contributed by atoms with Crippen LogP contribution in [-0.2, 0) is 0 Å². The molecule has 0 bridgehead atoms. The van der Waals surface area contributed by atoms with Crippen molar-refractivity contribution in [3.8, 4) is 0 Å². The third-order valence-electron chi connectivity index (χ3n) is 4.59. The standard InChI is InChI=1S/C16H36N2/c1-6-10-14(11-7-2)15(5,17)16(18,12-8-3)13-9-4/h14H,6-13,17-18H2,1-5H3. The molecule has 0 aliphatic heterocycles. The quantitative estimate of drug-likeness (QED) is 0.615. The minimum atomic E-state index is -0.245. The second-order valence-electron chi connectivity index (χ2n) is 6.21. The van der Waals surface area contributed by atoms with Gasteiger partial charge in [0.15, 0.2) is 0 Å². The van der Waals surface area contributed by atoms with Gasteiger partial charge in [0.2, 0.25) is 0 Å². The third kappa shape index (κ3) is 4.24. The highest BCUT2D eigenvalue weighted by molar-refractivity contribution is 5.07. The van der Waals surface area contributed by atoms with Crippen molar-refractivity contribution in [1.82, 2.24) is 0 Å². The lowest BCUT2D eigenvalue weighted by Crippen LogP contribution is -2.67. The number of hydrogen-bond acceptors (Lipinski definition) is 2. The Labute approximate surface area is 115 Å². The summed E-state index contributed by atoms with van der Waals surface area (Å²) < 4.78 is 0. The Morgan fingerprint density at radius 1 is 0.778 bits per heavy atom. The Kier molecular flexibility index (Phi) is 8.13. The molecule has 0 saturated heterocycles. The lowest BCUT2D eigenvalue weighted by molar-refractivity contribution is 0.120. The molecule has 0 aromatic rings. The Morgan fingerprint density at radius 3 is 1.44 bits per heavy atom. The number of hydrogen-bond donors (Lipinski definition) is 2. The van der Waals surface area contributed by atoms with Crippen LogP contribution in [0, 0.1) is 5.92 Å². The molecule has 0 rings (SSSR count). The van der Waals surface area contributed by atoms with Crippen LogP contribution in [-0.4, -0.2) is 11.1 Å². The second kappa shape index (κ2) is 8.16. The van der Waals surface area contributed by atoms with E-state index >= 15 is 0 Å². The topological polar surface area (TPSA) is 52.0 Å². The van der Waals surface area contributed by atoms with Crippen LogP contribution in [0.2, 0.25) is 0 Å². The van der Waals surface area contributed by atoms with Gasteiger partial charge in [-0.3, -0.25) is 0 Å². The molecule has 0 amide bonds. The zero-order chi connectivity index (χ0) is 14.2. The number of rotatable bonds is 10. The zero-order valence-corrected chi connectivity index (χ0v) is 13.4. The molecular formula is C16H36N2. The van der Waals surface area contributed by atoms with Crippen molar-refractivity contribution in [3.05, 3.63) is 0 Å². The van der Waals surface area contributed by atoms with Crippen molar-refractivity contribution in [2.45, 2.75) is 97.1 Å². The summed E-state index contributed by atoms with van der Waals surface area (Å²) in [6, 6.07) is 0. The molecule has 0 fully saturated rings. The molecule has 1 unspecified atom stereocenters. The maximum atomic E-state index is 6.76. The van der Waals surface area contributed by atoms with Gasteiger partial charge in [0, 0.05) is 11.1 Å². The van der Waals surface area contributed by atoms with Crippen molar-refractivity contribution in [2.75, 3.05) is 0 Å². The molecule has 0 radical (unpaired) electrons. The van der Waals surface area contributed by atoms with Crippen LogP contribution in [0.4, 0.5) is 0 Å². The first-order valence-corrected chi connectivity index (χ1v) is 7.97. The molecule has 1 atom stereocenters. The molecule has 0 aromatic heterocycles. The van der Waals surface area contributed by atoms with Gasteiger partial charge in [-0.15, -0.1) is 0 Å². The predicted octanol–water partition coefficient (Wildman–Crippen LogP) is 4.22. The van der Waals surface area contributed by atoms with E-state index in [-0.39, 0.29) is 11.1 Å². The van der Waals surface area contributed by atoms with E-state index in [9.17, 15) is 0 Å². The van der Waals surface area contributed by atoms with E-state index in [0.29, 0.717) is 5.92 Å². The SMILES string of the molecule is CCCC(CCC)C(C)(N)C(N)(CCC)CCC. The molecular weight excluding hydrogens is 220 g/mol. The van der Waals surface area contributed by atoms with Crippen molar-refractivity contribution >= 4 is 0 Å². The van der Waals surface area contributed by atoms with Crippen LogP contribution >= 0.6 is 0 Å². The highest BCUT2D eigenvalue weighted by Crippen LogP contribution is 2.37. The average molecular weight is 256 g/mol. The first-order chi connectivity index (χ1) is 8.39. The van der Waals surface area contributed by atoms with E-state index in [1.807, 2.05) is 0 Å². The minimum Gasteiger partial charge on any atom is -0.324 e. The summed E-state index contributed by atoms with van der Waals surface area (Å²) >= 11 is 0. The maximum Gasteiger partial charge on any atom is 0.0336 e. The monoisotopic (exact) mass is 256 g/mol. The van der Waals surface area contributed by atoms with E-state index < -0.39 is 0 Å². The van der Waals surface area contributed by atoms with Crippen LogP contribution in [0.3, 0.4) is 0 Å². The lowest BCUT2D eigenvalue weighted by Gasteiger charge is -2.49. The van der Waals surface area contributed by atoms with Crippen molar-refractivity contribution in [2.24, 2.45) is 17.4 Å². The molecule has 4 N–H and O–H groups in total. The molecule has 110 valence electrons. The Hall–Kier alpha value is -0.0800. The molecule has 2 heteroatoms. The van der Waals surface area contributed by atoms with E-state index in [2.05, 4.69) is 34.6 Å². The summed E-state index contributed by atoms with van der Waals surface area (Å²) in [5.74, 6) is 0.551. The van der Waals surface area contributed by atoms with E-state index in [4.69, 9.17) is 11.5 Å². The summed E-state index contributed by atoms with van der Waals surface area (Å²) in [4.78, 5) is 0. The van der Waals surface area contributed by atoms with Gasteiger partial charge in [-0.2, -0.15) is 0 Å². The third-order valence-corrected chi connectivity index (χ3v) is 4.59. The van der Waals surface area contributed by atoms with E-state index in [0.717, 1.165) is 25.7 Å². The van der Waals surface area contributed by atoms with Gasteiger partial charge in [-0.05, 0) is 38.5 Å². The molecule has 0 spiro atoms. The Balaban J connectivity index is 5.08. The highest BCUT2D eigenvalue weighted by Gasteiger charge is 2.45. The fourth-order valence-electron chi connectivity index (χ4n) is 3.40. The molecule has 0 saturated carbocycles. The Bertz CT molecular complexity index is 199. The van der Waals surface area contributed by atoms with Crippen molar-refractivity contribution in [1.29, 1.82) is 0 Å². The maximum absolute atomic E-state index is 6.76. The highest BCUT2D eigenvalue weighted by atomic mass is 14.9. The first-order valence-electron chi connectivity index (χ1n) is 7.97. The van der Waals surface area contributed by atoms with Crippen LogP contribution in [0.1, 0.15) is 86.0 Å². The molecule has 0 aromatic carbocycles. The van der Waals surface area contributed by atoms with Gasteiger partial charge in [0.25, 0.3) is 0 Å². The largest absolute Gasteiger partial charge is 0.324 e. The summed E-state index contributed by atoms with van der Waals surface area (Å²) in [5, 5.41) is 0. The summed E-state index contributed by atoms with van der Waals surface area (Å²) in [5.41, 5.74) is 13.0. The fraction of sp³-hybridized carbons (Fsp3) is 1.00. The summed E-state index contributed by atoms with van der Waals surface area (Å²) in [6.07, 6.45) is 9.12. The van der Waals surface area contributed by atoms with Crippen molar-refractivity contribution < 1.29 is 0 Å². The van der Waals surface area contributed by atoms with Gasteiger partial charge < -0.3 is 11.5 Å². The van der Waals surface area contributed by atoms with E-state index in [1.54, 1.807) is 0 Å². The summed E-state index contributed by atoms with van der Waals surface area (Å²) in [7, 11) is 0. The van der Waals surface area contributed by atoms with Gasteiger partial charge in [0.05, 0.1) is 0 Å². The predicted molar refractivity (Wildman–Crippen MR) is 82.6 cm³/mol. The van der Waals surface area contributed by atoms with E-state index in [1.165, 1.54) is 25.7 Å². The van der Waals surface area contributed by atoms with Crippen LogP contribution in [0.25, 0.3) is 0 Å². The first kappa shape index (κ1) is 17.9. The molecule has 0 heterocycles. The zero-order valence-electron chi connectivity index (χ0n) is 13.4. The van der Waals surface area contributed by atoms with Crippen LogP contribution < -0.4 is 11.5 Å². The smallest absolute Gasteiger partial charge is 0.0336 e. The summed E-state index contributed by atoms with van der Waals surface area (Å²) in [6.45, 7) is 11.1. The normalized spacial score (nSPS) is 16.0. The van der Waals surface area contributed by atoms with Gasteiger partial charge in [0.1, 0.15) is 0 Å².